The average molecular weight is 469 g/mol. The van der Waals surface area contributed by atoms with E-state index in [-0.39, 0.29) is 11.7 Å². The van der Waals surface area contributed by atoms with E-state index in [2.05, 4.69) is 10.6 Å². The molecule has 0 saturated heterocycles. The zero-order valence-electron chi connectivity index (χ0n) is 18.5. The second-order valence-corrected chi connectivity index (χ2v) is 8.93. The van der Waals surface area contributed by atoms with Gasteiger partial charge in [-0.3, -0.25) is 4.79 Å². The van der Waals surface area contributed by atoms with Crippen LogP contribution in [0.25, 0.3) is 10.9 Å². The van der Waals surface area contributed by atoms with Gasteiger partial charge in [-0.15, -0.1) is 0 Å². The molecular weight excluding hydrogens is 448 g/mol. The van der Waals surface area contributed by atoms with Gasteiger partial charge in [-0.1, -0.05) is 41.9 Å². The minimum absolute atomic E-state index is 0.00655. The first-order chi connectivity index (χ1) is 16.5. The predicted molar refractivity (Wildman–Crippen MR) is 130 cm³/mol. The molecule has 0 aliphatic heterocycles. The van der Waals surface area contributed by atoms with E-state index in [0.717, 1.165) is 22.3 Å². The molecule has 5 rings (SSSR count). The van der Waals surface area contributed by atoms with Crippen LogP contribution in [0.4, 0.5) is 0 Å². The van der Waals surface area contributed by atoms with Crippen molar-refractivity contribution in [2.24, 2.45) is 0 Å². The van der Waals surface area contributed by atoms with Crippen molar-refractivity contribution in [2.75, 3.05) is 7.11 Å². The van der Waals surface area contributed by atoms with Gasteiger partial charge in [0, 0.05) is 34.6 Å². The van der Waals surface area contributed by atoms with Crippen molar-refractivity contribution in [1.82, 2.24) is 4.57 Å². The Balaban J connectivity index is 1.71. The lowest BCUT2D eigenvalue weighted by Crippen LogP contribution is -2.21. The van der Waals surface area contributed by atoms with Crippen molar-refractivity contribution in [3.63, 3.8) is 0 Å². The van der Waals surface area contributed by atoms with Crippen molar-refractivity contribution in [1.29, 1.82) is 5.26 Å². The summed E-state index contributed by atoms with van der Waals surface area (Å²) in [5, 5.41) is 10.6. The molecule has 168 valence electrons. The topological polar surface area (TPSA) is 72.1 Å². The van der Waals surface area contributed by atoms with Crippen LogP contribution in [0.1, 0.15) is 55.4 Å². The number of benzene rings is 3. The van der Waals surface area contributed by atoms with Gasteiger partial charge < -0.3 is 9.30 Å². The van der Waals surface area contributed by atoms with Gasteiger partial charge in [-0.2, -0.15) is 5.26 Å². The van der Waals surface area contributed by atoms with Crippen LogP contribution in [0.5, 0.6) is 0 Å². The molecule has 0 N–H and O–H groups in total. The number of Topliss-reactive ketones (excluding diaryl/α,β-unsaturated/α-hetero) is 1. The maximum atomic E-state index is 13.5. The van der Waals surface area contributed by atoms with Crippen LogP contribution < -0.4 is 0 Å². The standard InChI is InChI=1S/C28H21ClN2O3/c1-34-28(33)22-6-3-7-23-26(22)27-24(31(23)16-18-5-2-4-17(12-18)15-30)13-20(14-25(27)32)19-8-10-21(29)11-9-19/h2-12,20H,13-14,16H2,1H3. The molecule has 4 aromatic rings. The lowest BCUT2D eigenvalue weighted by Gasteiger charge is -2.24. The van der Waals surface area contributed by atoms with Crippen LogP contribution >= 0.6 is 11.6 Å². The predicted octanol–water partition coefficient (Wildman–Crippen LogP) is 5.91. The molecule has 0 saturated carbocycles. The molecule has 34 heavy (non-hydrogen) atoms. The summed E-state index contributed by atoms with van der Waals surface area (Å²) in [4.78, 5) is 26.1. The molecule has 1 unspecified atom stereocenters. The molecule has 5 nitrogen and oxygen atoms in total. The molecule has 1 aliphatic carbocycles. The largest absolute Gasteiger partial charge is 0.465 e. The number of carbonyl (C=O) groups is 2. The number of hydrogen-bond donors (Lipinski definition) is 0. The van der Waals surface area contributed by atoms with Crippen molar-refractivity contribution in [3.05, 3.63) is 105 Å². The van der Waals surface area contributed by atoms with E-state index in [1.807, 2.05) is 54.6 Å². The summed E-state index contributed by atoms with van der Waals surface area (Å²) in [7, 11) is 1.34. The summed E-state index contributed by atoms with van der Waals surface area (Å²) >= 11 is 6.08. The number of nitrogens with zero attached hydrogens (tertiary/aromatic N) is 2. The number of carbonyl (C=O) groups excluding carboxylic acids is 2. The Kier molecular flexibility index (Phi) is 5.69. The summed E-state index contributed by atoms with van der Waals surface area (Å²) in [6.07, 6.45) is 1.00. The SMILES string of the molecule is COC(=O)c1cccc2c1c1c(n2Cc2cccc(C#N)c2)CC(c2ccc(Cl)cc2)CC1=O. The number of hydrogen-bond acceptors (Lipinski definition) is 4. The van der Waals surface area contributed by atoms with Crippen molar-refractivity contribution < 1.29 is 14.3 Å². The number of rotatable bonds is 4. The van der Waals surface area contributed by atoms with Gasteiger partial charge in [0.1, 0.15) is 0 Å². The average Bonchev–Trinajstić information content (AvgIpc) is 3.18. The van der Waals surface area contributed by atoms with Gasteiger partial charge >= 0.3 is 5.97 Å². The van der Waals surface area contributed by atoms with Gasteiger partial charge in [0.15, 0.2) is 5.78 Å². The Morgan fingerprint density at radius 2 is 1.88 bits per heavy atom. The minimum atomic E-state index is -0.468. The molecule has 0 amide bonds. The van der Waals surface area contributed by atoms with E-state index in [1.165, 1.54) is 7.11 Å². The lowest BCUT2D eigenvalue weighted by atomic mass is 9.81. The van der Waals surface area contributed by atoms with Crippen LogP contribution in [0.3, 0.4) is 0 Å². The first-order valence-electron chi connectivity index (χ1n) is 11.0. The molecule has 1 aliphatic rings. The number of aromatic nitrogens is 1. The molecule has 0 bridgehead atoms. The van der Waals surface area contributed by atoms with Gasteiger partial charge in [0.05, 0.1) is 29.8 Å². The Morgan fingerprint density at radius 3 is 2.62 bits per heavy atom. The Bertz CT molecular complexity index is 1480. The third-order valence-corrected chi connectivity index (χ3v) is 6.74. The van der Waals surface area contributed by atoms with E-state index in [9.17, 15) is 14.9 Å². The fourth-order valence-electron chi connectivity index (χ4n) is 4.95. The van der Waals surface area contributed by atoms with E-state index in [4.69, 9.17) is 16.3 Å². The zero-order valence-corrected chi connectivity index (χ0v) is 19.3. The Morgan fingerprint density at radius 1 is 1.12 bits per heavy atom. The number of methoxy groups -OCH3 is 1. The molecule has 0 radical (unpaired) electrons. The molecule has 0 spiro atoms. The Hall–Kier alpha value is -3.88. The highest BCUT2D eigenvalue weighted by Gasteiger charge is 2.33. The highest BCUT2D eigenvalue weighted by Crippen LogP contribution is 2.40. The van der Waals surface area contributed by atoms with Crippen molar-refractivity contribution in [3.8, 4) is 6.07 Å². The van der Waals surface area contributed by atoms with Crippen LogP contribution in [0.2, 0.25) is 5.02 Å². The molecule has 1 atom stereocenters. The second kappa shape index (κ2) is 8.81. The van der Waals surface area contributed by atoms with Crippen LogP contribution in [0.15, 0.2) is 66.7 Å². The van der Waals surface area contributed by atoms with Gasteiger partial charge in [-0.05, 0) is 59.9 Å². The lowest BCUT2D eigenvalue weighted by molar-refractivity contribution is 0.0603. The van der Waals surface area contributed by atoms with Crippen LogP contribution in [-0.4, -0.2) is 23.4 Å². The zero-order chi connectivity index (χ0) is 23.8. The van der Waals surface area contributed by atoms with Crippen LogP contribution in [-0.2, 0) is 17.7 Å². The number of esters is 1. The fourth-order valence-corrected chi connectivity index (χ4v) is 5.08. The number of nitriles is 1. The van der Waals surface area contributed by atoms with E-state index in [0.29, 0.717) is 46.5 Å². The van der Waals surface area contributed by atoms with Gasteiger partial charge in [0.2, 0.25) is 0 Å². The maximum absolute atomic E-state index is 13.5. The quantitative estimate of drug-likeness (QED) is 0.349. The highest BCUT2D eigenvalue weighted by molar-refractivity contribution is 6.30. The van der Waals surface area contributed by atoms with Crippen LogP contribution in [0, 0.1) is 11.3 Å². The first-order valence-corrected chi connectivity index (χ1v) is 11.4. The normalized spacial score (nSPS) is 15.1. The summed E-state index contributed by atoms with van der Waals surface area (Å²) in [5.74, 6) is -0.455. The highest BCUT2D eigenvalue weighted by atomic mass is 35.5. The summed E-state index contributed by atoms with van der Waals surface area (Å²) in [5.41, 5.74) is 5.26. The monoisotopic (exact) mass is 468 g/mol. The Labute approximate surface area is 202 Å². The molecule has 1 aromatic heterocycles. The number of ether oxygens (including phenoxy) is 1. The maximum Gasteiger partial charge on any atom is 0.338 e. The smallest absolute Gasteiger partial charge is 0.338 e. The second-order valence-electron chi connectivity index (χ2n) is 8.49. The number of fused-ring (bicyclic) bond motifs is 3. The summed E-state index contributed by atoms with van der Waals surface area (Å²) in [6.45, 7) is 0.479. The van der Waals surface area contributed by atoms with Crippen molar-refractivity contribution >= 4 is 34.3 Å². The van der Waals surface area contributed by atoms with Crippen molar-refractivity contribution in [2.45, 2.75) is 25.3 Å². The van der Waals surface area contributed by atoms with Gasteiger partial charge in [0.25, 0.3) is 0 Å². The molecular formula is C28H21ClN2O3. The summed E-state index contributed by atoms with van der Waals surface area (Å²) < 4.78 is 7.13. The third-order valence-electron chi connectivity index (χ3n) is 6.49. The number of halogens is 1. The van der Waals surface area contributed by atoms with E-state index in [1.54, 1.807) is 12.1 Å². The molecule has 0 fully saturated rings. The number of ketones is 1. The third kappa shape index (κ3) is 3.76. The molecule has 1 heterocycles. The molecule has 6 heteroatoms. The first kappa shape index (κ1) is 21.9. The van der Waals surface area contributed by atoms with E-state index >= 15 is 0 Å². The minimum Gasteiger partial charge on any atom is -0.465 e. The fraction of sp³-hybridized carbons (Fsp3) is 0.179. The molecule has 3 aromatic carbocycles. The summed E-state index contributed by atoms with van der Waals surface area (Å²) in [6, 6.07) is 22.7. The van der Waals surface area contributed by atoms with E-state index < -0.39 is 5.97 Å². The van der Waals surface area contributed by atoms with Gasteiger partial charge in [-0.25, -0.2) is 4.79 Å².